The normalized spacial score (nSPS) is 24.6. The predicted molar refractivity (Wildman–Crippen MR) is 54.9 cm³/mol. The summed E-state index contributed by atoms with van der Waals surface area (Å²) in [6.07, 6.45) is 13.2. The van der Waals surface area contributed by atoms with Crippen LogP contribution in [0, 0.1) is 11.3 Å². The summed E-state index contributed by atoms with van der Waals surface area (Å²) in [5, 5.41) is 8.95. The molecule has 0 aromatic heterocycles. The zero-order valence-electron chi connectivity index (χ0n) is 8.28. The maximum atomic E-state index is 10.9. The van der Waals surface area contributed by atoms with Crippen LogP contribution in [0.2, 0.25) is 0 Å². The van der Waals surface area contributed by atoms with Crippen molar-refractivity contribution in [1.82, 2.24) is 0 Å². The molecule has 2 aliphatic carbocycles. The minimum absolute atomic E-state index is 0.0231. The Hall–Kier alpha value is -1.05. The summed E-state index contributed by atoms with van der Waals surface area (Å²) in [7, 11) is 0. The Morgan fingerprint density at radius 2 is 1.86 bits per heavy atom. The van der Waals surface area contributed by atoms with Gasteiger partial charge >= 0.3 is 5.97 Å². The molecule has 76 valence electrons. The quantitative estimate of drug-likeness (QED) is 0.746. The number of rotatable bonds is 3. The first-order chi connectivity index (χ1) is 6.73. The van der Waals surface area contributed by atoms with E-state index in [-0.39, 0.29) is 5.41 Å². The first-order valence-corrected chi connectivity index (χ1v) is 5.30. The van der Waals surface area contributed by atoms with E-state index in [9.17, 15) is 4.79 Å². The highest BCUT2D eigenvalue weighted by molar-refractivity contribution is 5.68. The number of hydrogen-bond acceptors (Lipinski definition) is 1. The van der Waals surface area contributed by atoms with Gasteiger partial charge < -0.3 is 5.11 Å². The molecule has 0 radical (unpaired) electrons. The summed E-state index contributed by atoms with van der Waals surface area (Å²) in [6.45, 7) is 0. The third-order valence-electron chi connectivity index (χ3n) is 3.56. The number of carboxylic acids is 1. The summed E-state index contributed by atoms with van der Waals surface area (Å²) < 4.78 is 0. The number of aliphatic carboxylic acids is 1. The molecule has 1 fully saturated rings. The van der Waals surface area contributed by atoms with E-state index in [0.29, 0.717) is 12.3 Å². The van der Waals surface area contributed by atoms with Crippen molar-refractivity contribution >= 4 is 5.97 Å². The van der Waals surface area contributed by atoms with E-state index in [2.05, 4.69) is 12.2 Å². The second-order valence-corrected chi connectivity index (χ2v) is 4.44. The molecule has 2 rings (SSSR count). The van der Waals surface area contributed by atoms with Crippen LogP contribution in [0.4, 0.5) is 0 Å². The summed E-state index contributed by atoms with van der Waals surface area (Å²) in [4.78, 5) is 10.9. The van der Waals surface area contributed by atoms with Crippen molar-refractivity contribution in [2.75, 3.05) is 0 Å². The minimum Gasteiger partial charge on any atom is -0.481 e. The van der Waals surface area contributed by atoms with Crippen LogP contribution in [0.3, 0.4) is 0 Å². The first-order valence-electron chi connectivity index (χ1n) is 5.30. The number of carboxylic acid groups (broad SMARTS) is 1. The number of allylic oxidation sites excluding steroid dienone is 4. The molecule has 2 aliphatic rings. The lowest BCUT2D eigenvalue weighted by Gasteiger charge is -2.31. The van der Waals surface area contributed by atoms with Gasteiger partial charge in [0.1, 0.15) is 0 Å². The van der Waals surface area contributed by atoms with Crippen LogP contribution in [-0.4, -0.2) is 11.1 Å². The molecule has 2 heteroatoms. The van der Waals surface area contributed by atoms with Crippen LogP contribution in [0.1, 0.15) is 32.1 Å². The van der Waals surface area contributed by atoms with E-state index in [1.54, 1.807) is 0 Å². The third-order valence-corrected chi connectivity index (χ3v) is 3.56. The van der Waals surface area contributed by atoms with Crippen LogP contribution >= 0.6 is 0 Å². The zero-order chi connectivity index (χ0) is 10.0. The average Bonchev–Trinajstić information content (AvgIpc) is 2.69. The zero-order valence-corrected chi connectivity index (χ0v) is 8.28. The van der Waals surface area contributed by atoms with E-state index in [1.807, 2.05) is 12.2 Å². The van der Waals surface area contributed by atoms with Gasteiger partial charge in [-0.25, -0.2) is 0 Å². The van der Waals surface area contributed by atoms with E-state index >= 15 is 0 Å². The molecule has 14 heavy (non-hydrogen) atoms. The topological polar surface area (TPSA) is 37.3 Å². The Balaban J connectivity index is 2.16. The molecule has 0 bridgehead atoms. The molecular weight excluding hydrogens is 176 g/mol. The van der Waals surface area contributed by atoms with E-state index in [4.69, 9.17) is 5.11 Å². The lowest BCUT2D eigenvalue weighted by atomic mass is 9.72. The fraction of sp³-hybridized carbons (Fsp3) is 0.583. The van der Waals surface area contributed by atoms with Gasteiger partial charge in [0.2, 0.25) is 0 Å². The first kappa shape index (κ1) is 9.50. The fourth-order valence-corrected chi connectivity index (χ4v) is 2.85. The van der Waals surface area contributed by atoms with Crippen molar-refractivity contribution < 1.29 is 9.90 Å². The molecule has 0 atom stereocenters. The summed E-state index contributed by atoms with van der Waals surface area (Å²) in [6, 6.07) is 0. The molecule has 0 aromatic carbocycles. The smallest absolute Gasteiger partial charge is 0.303 e. The predicted octanol–water partition coefficient (Wildman–Crippen LogP) is 2.76. The Kier molecular flexibility index (Phi) is 2.44. The van der Waals surface area contributed by atoms with Gasteiger partial charge in [-0.1, -0.05) is 37.1 Å². The third kappa shape index (κ3) is 1.61. The van der Waals surface area contributed by atoms with Gasteiger partial charge in [0.15, 0.2) is 0 Å². The van der Waals surface area contributed by atoms with Gasteiger partial charge in [-0.2, -0.15) is 0 Å². The molecule has 0 heterocycles. The molecule has 0 aromatic rings. The number of hydrogen-bond donors (Lipinski definition) is 1. The van der Waals surface area contributed by atoms with Gasteiger partial charge in [-0.3, -0.25) is 4.79 Å². The van der Waals surface area contributed by atoms with E-state index < -0.39 is 5.97 Å². The summed E-state index contributed by atoms with van der Waals surface area (Å²) >= 11 is 0. The molecule has 0 saturated heterocycles. The Labute approximate surface area is 84.3 Å². The van der Waals surface area contributed by atoms with Gasteiger partial charge in [0.05, 0.1) is 6.42 Å². The Morgan fingerprint density at radius 3 is 2.36 bits per heavy atom. The van der Waals surface area contributed by atoms with Gasteiger partial charge in [-0.05, 0) is 18.3 Å². The molecular formula is C12H16O2. The Morgan fingerprint density at radius 1 is 1.29 bits per heavy atom. The van der Waals surface area contributed by atoms with Crippen molar-refractivity contribution in [1.29, 1.82) is 0 Å². The lowest BCUT2D eigenvalue weighted by molar-refractivity contribution is -0.140. The fourth-order valence-electron chi connectivity index (χ4n) is 2.85. The van der Waals surface area contributed by atoms with Crippen molar-refractivity contribution in [3.05, 3.63) is 24.3 Å². The van der Waals surface area contributed by atoms with E-state index in [1.165, 1.54) is 12.8 Å². The van der Waals surface area contributed by atoms with Crippen molar-refractivity contribution in [2.45, 2.75) is 32.1 Å². The molecule has 0 unspecified atom stereocenters. The maximum absolute atomic E-state index is 10.9. The highest BCUT2D eigenvalue weighted by atomic mass is 16.4. The minimum atomic E-state index is -0.652. The summed E-state index contributed by atoms with van der Waals surface area (Å²) in [5.74, 6) is -0.290. The van der Waals surface area contributed by atoms with Crippen LogP contribution < -0.4 is 0 Å². The second-order valence-electron chi connectivity index (χ2n) is 4.44. The molecule has 0 amide bonds. The van der Waals surface area contributed by atoms with E-state index in [0.717, 1.165) is 12.8 Å². The molecule has 1 N–H and O–H groups in total. The van der Waals surface area contributed by atoms with Gasteiger partial charge in [0.25, 0.3) is 0 Å². The highest BCUT2D eigenvalue weighted by Gasteiger charge is 2.41. The number of carbonyl (C=O) groups is 1. The lowest BCUT2D eigenvalue weighted by Crippen LogP contribution is -2.27. The molecule has 0 aliphatic heterocycles. The molecule has 2 nitrogen and oxygen atoms in total. The molecule has 1 saturated carbocycles. The molecule has 0 spiro atoms. The van der Waals surface area contributed by atoms with Crippen LogP contribution in [0.15, 0.2) is 24.3 Å². The second kappa shape index (κ2) is 3.60. The highest BCUT2D eigenvalue weighted by Crippen LogP contribution is 2.49. The van der Waals surface area contributed by atoms with Gasteiger partial charge in [0, 0.05) is 5.92 Å². The van der Waals surface area contributed by atoms with Gasteiger partial charge in [-0.15, -0.1) is 0 Å². The standard InChI is InChI=1S/C12H16O2/c13-11(14)9-12(7-3-4-8-12)10-5-1-2-6-10/h1-2,5-6,10H,3-4,7-9H2,(H,13,14). The SMILES string of the molecule is O=C(O)CC1(C2C=CC=C2)CCCC1. The maximum Gasteiger partial charge on any atom is 0.303 e. The monoisotopic (exact) mass is 192 g/mol. The largest absolute Gasteiger partial charge is 0.481 e. The van der Waals surface area contributed by atoms with Crippen LogP contribution in [0.5, 0.6) is 0 Å². The van der Waals surface area contributed by atoms with Crippen LogP contribution in [-0.2, 0) is 4.79 Å². The van der Waals surface area contributed by atoms with Crippen molar-refractivity contribution in [3.8, 4) is 0 Å². The Bertz CT molecular complexity index is 271. The summed E-state index contributed by atoms with van der Waals surface area (Å²) in [5.41, 5.74) is 0.0231. The van der Waals surface area contributed by atoms with Crippen molar-refractivity contribution in [3.63, 3.8) is 0 Å². The van der Waals surface area contributed by atoms with Crippen molar-refractivity contribution in [2.24, 2.45) is 11.3 Å². The average molecular weight is 192 g/mol. The van der Waals surface area contributed by atoms with Crippen LogP contribution in [0.25, 0.3) is 0 Å².